The van der Waals surface area contributed by atoms with Crippen molar-refractivity contribution >= 4 is 33.5 Å². The zero-order valence-corrected chi connectivity index (χ0v) is 10.0. The first-order chi connectivity index (χ1) is 6.65. The van der Waals surface area contributed by atoms with E-state index in [4.69, 9.17) is 16.3 Å². The monoisotopic (exact) mass is 276 g/mol. The van der Waals surface area contributed by atoms with Crippen molar-refractivity contribution in [1.82, 2.24) is 0 Å². The number of ether oxygens (including phenoxy) is 1. The molecule has 76 valence electrons. The molecule has 4 heteroatoms. The first-order valence-electron chi connectivity index (χ1n) is 4.21. The Kier molecular flexibility index (Phi) is 4.42. The van der Waals surface area contributed by atoms with Crippen LogP contribution in [0, 0.1) is 0 Å². The van der Waals surface area contributed by atoms with E-state index >= 15 is 0 Å². The summed E-state index contributed by atoms with van der Waals surface area (Å²) in [5.74, 6) is -0.297. The third-order valence-corrected chi connectivity index (χ3v) is 2.77. The van der Waals surface area contributed by atoms with Gasteiger partial charge in [0.05, 0.1) is 6.61 Å². The average Bonchev–Trinajstić information content (AvgIpc) is 2.17. The molecule has 0 saturated heterocycles. The molecule has 1 atom stereocenters. The third kappa shape index (κ3) is 3.00. The normalized spacial score (nSPS) is 12.2. The maximum atomic E-state index is 11.3. The highest BCUT2D eigenvalue weighted by Gasteiger charge is 2.17. The first-order valence-corrected chi connectivity index (χ1v) is 5.50. The minimum Gasteiger partial charge on any atom is -0.465 e. The SMILES string of the molecule is CCOC(=O)[C@H](Br)c1cccc(Cl)c1. The highest BCUT2D eigenvalue weighted by Crippen LogP contribution is 2.26. The Morgan fingerprint density at radius 1 is 1.64 bits per heavy atom. The standard InChI is InChI=1S/C10H10BrClO2/c1-2-14-10(13)9(11)7-4-3-5-8(12)6-7/h3-6,9H,2H2,1H3/t9-/m1/s1. The van der Waals surface area contributed by atoms with E-state index in [0.717, 1.165) is 5.56 Å². The quantitative estimate of drug-likeness (QED) is 0.626. The van der Waals surface area contributed by atoms with Gasteiger partial charge in [0.15, 0.2) is 0 Å². The summed E-state index contributed by atoms with van der Waals surface area (Å²) in [6, 6.07) is 7.11. The van der Waals surface area contributed by atoms with Crippen LogP contribution in [0.3, 0.4) is 0 Å². The fourth-order valence-corrected chi connectivity index (χ4v) is 1.63. The van der Waals surface area contributed by atoms with E-state index in [1.165, 1.54) is 0 Å². The average molecular weight is 278 g/mol. The molecule has 1 rings (SSSR count). The van der Waals surface area contributed by atoms with Gasteiger partial charge in [-0.25, -0.2) is 0 Å². The minimum atomic E-state index is -0.443. The molecular formula is C10H10BrClO2. The van der Waals surface area contributed by atoms with Crippen LogP contribution in [-0.4, -0.2) is 12.6 Å². The summed E-state index contributed by atoms with van der Waals surface area (Å²) in [5.41, 5.74) is 0.802. The molecule has 0 bridgehead atoms. The summed E-state index contributed by atoms with van der Waals surface area (Å²) < 4.78 is 4.87. The molecule has 0 radical (unpaired) electrons. The zero-order chi connectivity index (χ0) is 10.6. The topological polar surface area (TPSA) is 26.3 Å². The molecule has 0 fully saturated rings. The highest BCUT2D eigenvalue weighted by molar-refractivity contribution is 9.09. The molecule has 0 spiro atoms. The summed E-state index contributed by atoms with van der Waals surface area (Å²) in [6.45, 7) is 2.15. The lowest BCUT2D eigenvalue weighted by atomic mass is 10.1. The second-order valence-electron chi connectivity index (χ2n) is 2.67. The van der Waals surface area contributed by atoms with E-state index in [1.807, 2.05) is 6.07 Å². The number of rotatable bonds is 3. The number of esters is 1. The molecule has 0 aliphatic heterocycles. The Bertz CT molecular complexity index is 328. The molecule has 1 aromatic rings. The van der Waals surface area contributed by atoms with Crippen LogP contribution >= 0.6 is 27.5 Å². The van der Waals surface area contributed by atoms with Crippen LogP contribution in [0.2, 0.25) is 5.02 Å². The zero-order valence-electron chi connectivity index (χ0n) is 7.67. The molecule has 14 heavy (non-hydrogen) atoms. The van der Waals surface area contributed by atoms with Crippen molar-refractivity contribution in [3.8, 4) is 0 Å². The predicted molar refractivity (Wildman–Crippen MR) is 59.8 cm³/mol. The second kappa shape index (κ2) is 5.37. The van der Waals surface area contributed by atoms with Crippen molar-refractivity contribution < 1.29 is 9.53 Å². The fourth-order valence-electron chi connectivity index (χ4n) is 1.02. The number of carbonyl (C=O) groups is 1. The Morgan fingerprint density at radius 2 is 2.36 bits per heavy atom. The van der Waals surface area contributed by atoms with Crippen LogP contribution in [0.1, 0.15) is 17.3 Å². The number of alkyl halides is 1. The van der Waals surface area contributed by atoms with E-state index in [-0.39, 0.29) is 5.97 Å². The summed E-state index contributed by atoms with van der Waals surface area (Å²) in [5, 5.41) is 0.608. The molecule has 0 N–H and O–H groups in total. The fraction of sp³-hybridized carbons (Fsp3) is 0.300. The van der Waals surface area contributed by atoms with Gasteiger partial charge < -0.3 is 4.74 Å². The molecule has 1 aromatic carbocycles. The van der Waals surface area contributed by atoms with Crippen LogP contribution in [-0.2, 0) is 9.53 Å². The van der Waals surface area contributed by atoms with Crippen molar-refractivity contribution in [2.24, 2.45) is 0 Å². The van der Waals surface area contributed by atoms with E-state index in [9.17, 15) is 4.79 Å². The maximum Gasteiger partial charge on any atom is 0.324 e. The number of carbonyl (C=O) groups excluding carboxylic acids is 1. The summed E-state index contributed by atoms with van der Waals surface area (Å²) >= 11 is 9.05. The van der Waals surface area contributed by atoms with Gasteiger partial charge in [0, 0.05) is 5.02 Å². The molecule has 0 aromatic heterocycles. The van der Waals surface area contributed by atoms with E-state index in [2.05, 4.69) is 15.9 Å². The minimum absolute atomic E-state index is 0.297. The Hall–Kier alpha value is -0.540. The first kappa shape index (κ1) is 11.5. The van der Waals surface area contributed by atoms with Crippen LogP contribution in [0.25, 0.3) is 0 Å². The Labute approximate surface area is 96.3 Å². The van der Waals surface area contributed by atoms with E-state index in [1.54, 1.807) is 25.1 Å². The van der Waals surface area contributed by atoms with Gasteiger partial charge in [0.25, 0.3) is 0 Å². The molecule has 0 saturated carbocycles. The van der Waals surface area contributed by atoms with Crippen molar-refractivity contribution in [2.45, 2.75) is 11.8 Å². The van der Waals surface area contributed by atoms with E-state index in [0.29, 0.717) is 11.6 Å². The largest absolute Gasteiger partial charge is 0.465 e. The van der Waals surface area contributed by atoms with Crippen LogP contribution in [0.15, 0.2) is 24.3 Å². The van der Waals surface area contributed by atoms with Crippen molar-refractivity contribution in [3.05, 3.63) is 34.9 Å². The van der Waals surface area contributed by atoms with E-state index < -0.39 is 4.83 Å². The summed E-state index contributed by atoms with van der Waals surface area (Å²) in [4.78, 5) is 10.9. The maximum absolute atomic E-state index is 11.3. The van der Waals surface area contributed by atoms with Gasteiger partial charge in [-0.15, -0.1) is 0 Å². The van der Waals surface area contributed by atoms with Gasteiger partial charge in [0.1, 0.15) is 4.83 Å². The molecule has 2 nitrogen and oxygen atoms in total. The molecule has 0 heterocycles. The third-order valence-electron chi connectivity index (χ3n) is 1.63. The number of hydrogen-bond acceptors (Lipinski definition) is 2. The van der Waals surface area contributed by atoms with Gasteiger partial charge in [-0.3, -0.25) is 4.79 Å². The van der Waals surface area contributed by atoms with Crippen LogP contribution in [0.4, 0.5) is 0 Å². The van der Waals surface area contributed by atoms with Crippen molar-refractivity contribution in [3.63, 3.8) is 0 Å². The van der Waals surface area contributed by atoms with Crippen LogP contribution in [0.5, 0.6) is 0 Å². The molecular weight excluding hydrogens is 267 g/mol. The van der Waals surface area contributed by atoms with Crippen molar-refractivity contribution in [1.29, 1.82) is 0 Å². The van der Waals surface area contributed by atoms with Gasteiger partial charge >= 0.3 is 5.97 Å². The lowest BCUT2D eigenvalue weighted by molar-refractivity contribution is -0.142. The lowest BCUT2D eigenvalue weighted by Gasteiger charge is -2.09. The molecule has 0 amide bonds. The lowest BCUT2D eigenvalue weighted by Crippen LogP contribution is -2.10. The summed E-state index contributed by atoms with van der Waals surface area (Å²) in [6.07, 6.45) is 0. The number of hydrogen-bond donors (Lipinski definition) is 0. The van der Waals surface area contributed by atoms with Gasteiger partial charge in [-0.1, -0.05) is 39.7 Å². The van der Waals surface area contributed by atoms with Crippen molar-refractivity contribution in [2.75, 3.05) is 6.61 Å². The number of benzene rings is 1. The Balaban J connectivity index is 2.78. The molecule has 0 aliphatic rings. The number of halogens is 2. The van der Waals surface area contributed by atoms with Gasteiger partial charge in [-0.2, -0.15) is 0 Å². The predicted octanol–water partition coefficient (Wildman–Crippen LogP) is 3.34. The van der Waals surface area contributed by atoms with Gasteiger partial charge in [0.2, 0.25) is 0 Å². The van der Waals surface area contributed by atoms with Crippen LogP contribution < -0.4 is 0 Å². The molecule has 0 unspecified atom stereocenters. The molecule has 0 aliphatic carbocycles. The smallest absolute Gasteiger partial charge is 0.324 e. The highest BCUT2D eigenvalue weighted by atomic mass is 79.9. The second-order valence-corrected chi connectivity index (χ2v) is 4.02. The summed E-state index contributed by atoms with van der Waals surface area (Å²) in [7, 11) is 0. The van der Waals surface area contributed by atoms with Gasteiger partial charge in [-0.05, 0) is 24.6 Å². The Morgan fingerprint density at radius 3 is 2.93 bits per heavy atom.